The lowest BCUT2D eigenvalue weighted by molar-refractivity contribution is 0.336. The highest BCUT2D eigenvalue weighted by Gasteiger charge is 2.26. The fraction of sp³-hybridized carbons (Fsp3) is 0.667. The van der Waals surface area contributed by atoms with Crippen LogP contribution in [0.2, 0.25) is 0 Å². The maximum absolute atomic E-state index is 13.0. The highest BCUT2D eigenvalue weighted by atomic mass is 127. The Morgan fingerprint density at radius 2 is 2.00 bits per heavy atom. The van der Waals surface area contributed by atoms with Gasteiger partial charge in [0.2, 0.25) is 0 Å². The Balaban J connectivity index is 0.00000420. The highest BCUT2D eigenvalue weighted by Crippen LogP contribution is 2.22. The van der Waals surface area contributed by atoms with Gasteiger partial charge in [-0.3, -0.25) is 9.20 Å². The lowest BCUT2D eigenvalue weighted by Crippen LogP contribution is -2.46. The normalized spacial score (nSPS) is 20.8. The van der Waals surface area contributed by atoms with Crippen LogP contribution in [0.15, 0.2) is 29.3 Å². The number of likely N-dealkylation sites (N-methyl/N-ethyl adjacent to an activating group) is 1. The number of hydrogen-bond donors (Lipinski definition) is 2. The van der Waals surface area contributed by atoms with Crippen LogP contribution in [-0.2, 0) is 17.3 Å². The Bertz CT molecular complexity index is 644. The van der Waals surface area contributed by atoms with Crippen LogP contribution in [0.5, 0.6) is 0 Å². The van der Waals surface area contributed by atoms with Crippen molar-refractivity contribution in [2.75, 3.05) is 32.4 Å². The number of guanidine groups is 1. The molecule has 1 aromatic rings. The summed E-state index contributed by atoms with van der Waals surface area (Å²) in [5.74, 6) is 1.38. The summed E-state index contributed by atoms with van der Waals surface area (Å²) in [5.41, 5.74) is 1.09. The van der Waals surface area contributed by atoms with Gasteiger partial charge in [0.15, 0.2) is 5.96 Å². The molecule has 0 spiro atoms. The van der Waals surface area contributed by atoms with Crippen LogP contribution in [0.3, 0.4) is 0 Å². The zero-order chi connectivity index (χ0) is 20.4. The number of benzene rings is 1. The number of nitrogens with one attached hydrogen (secondary N) is 2. The van der Waals surface area contributed by atoms with Crippen molar-refractivity contribution in [3.8, 4) is 0 Å². The summed E-state index contributed by atoms with van der Waals surface area (Å²) < 4.78 is 25.2. The van der Waals surface area contributed by atoms with Crippen LogP contribution in [0, 0.1) is 5.82 Å². The summed E-state index contributed by atoms with van der Waals surface area (Å²) in [6.07, 6.45) is 4.25. The minimum atomic E-state index is -0.716. The maximum atomic E-state index is 13.0. The zero-order valence-corrected chi connectivity index (χ0v) is 21.0. The van der Waals surface area contributed by atoms with Gasteiger partial charge >= 0.3 is 0 Å². The smallest absolute Gasteiger partial charge is 0.191 e. The molecule has 0 heterocycles. The van der Waals surface area contributed by atoms with E-state index in [9.17, 15) is 8.60 Å². The molecule has 3 atom stereocenters. The van der Waals surface area contributed by atoms with Gasteiger partial charge in [-0.1, -0.05) is 25.5 Å². The van der Waals surface area contributed by atoms with E-state index in [1.54, 1.807) is 0 Å². The summed E-state index contributed by atoms with van der Waals surface area (Å²) in [6, 6.07) is 6.97. The summed E-state index contributed by atoms with van der Waals surface area (Å²) in [7, 11) is 1.33. The summed E-state index contributed by atoms with van der Waals surface area (Å²) in [4.78, 5) is 6.89. The second-order valence-electron chi connectivity index (χ2n) is 7.42. The van der Waals surface area contributed by atoms with Gasteiger partial charge < -0.3 is 15.5 Å². The second-order valence-corrected chi connectivity index (χ2v) is 9.43. The van der Waals surface area contributed by atoms with Crippen molar-refractivity contribution in [2.45, 2.75) is 57.4 Å². The number of hydrogen-bond acceptors (Lipinski definition) is 3. The van der Waals surface area contributed by atoms with Gasteiger partial charge in [-0.25, -0.2) is 4.39 Å². The van der Waals surface area contributed by atoms with Crippen molar-refractivity contribution >= 4 is 40.7 Å². The van der Waals surface area contributed by atoms with E-state index in [1.807, 2.05) is 26.1 Å². The lowest BCUT2D eigenvalue weighted by atomic mass is 9.95. The quantitative estimate of drug-likeness (QED) is 0.287. The first-order chi connectivity index (χ1) is 13.5. The molecule has 29 heavy (non-hydrogen) atoms. The average Bonchev–Trinajstić information content (AvgIpc) is 2.69. The molecule has 0 radical (unpaired) electrons. The number of rotatable bonds is 9. The predicted molar refractivity (Wildman–Crippen MR) is 132 cm³/mol. The first-order valence-electron chi connectivity index (χ1n) is 10.4. The molecule has 166 valence electrons. The van der Waals surface area contributed by atoms with Crippen molar-refractivity contribution in [3.05, 3.63) is 35.6 Å². The average molecular weight is 539 g/mol. The van der Waals surface area contributed by atoms with Crippen molar-refractivity contribution in [1.29, 1.82) is 0 Å². The first-order valence-corrected chi connectivity index (χ1v) is 11.7. The monoisotopic (exact) mass is 538 g/mol. The van der Waals surface area contributed by atoms with E-state index in [-0.39, 0.29) is 29.8 Å². The van der Waals surface area contributed by atoms with Gasteiger partial charge in [0.25, 0.3) is 0 Å². The second kappa shape index (κ2) is 14.3. The van der Waals surface area contributed by atoms with Crippen LogP contribution >= 0.6 is 24.0 Å². The molecule has 1 aliphatic rings. The van der Waals surface area contributed by atoms with Gasteiger partial charge in [-0.15, -0.1) is 24.0 Å². The van der Waals surface area contributed by atoms with Gasteiger partial charge in [-0.05, 0) is 50.9 Å². The Morgan fingerprint density at radius 3 is 2.66 bits per heavy atom. The third kappa shape index (κ3) is 9.74. The molecular weight excluding hydrogens is 502 g/mol. The van der Waals surface area contributed by atoms with Crippen LogP contribution < -0.4 is 10.6 Å². The van der Waals surface area contributed by atoms with E-state index in [0.717, 1.165) is 62.6 Å². The molecule has 3 unspecified atom stereocenters. The third-order valence-corrected chi connectivity index (χ3v) is 6.83. The number of halogens is 2. The molecule has 2 N–H and O–H groups in total. The van der Waals surface area contributed by atoms with Crippen LogP contribution in [0.4, 0.5) is 4.39 Å². The molecule has 0 aliphatic heterocycles. The molecule has 1 aromatic carbocycles. The van der Waals surface area contributed by atoms with Crippen LogP contribution in [0.1, 0.15) is 45.1 Å². The topological polar surface area (TPSA) is 56.7 Å². The largest absolute Gasteiger partial charge is 0.357 e. The zero-order valence-electron chi connectivity index (χ0n) is 17.8. The minimum Gasteiger partial charge on any atom is -0.357 e. The molecule has 2 rings (SSSR count). The SMILES string of the molecule is CCNC(=NCCN(C)Cc1ccc(F)cc1)NC1CCCC(S(=O)CC)C1.I. The van der Waals surface area contributed by atoms with Crippen molar-refractivity contribution in [2.24, 2.45) is 4.99 Å². The third-order valence-electron chi connectivity index (χ3n) is 5.08. The highest BCUT2D eigenvalue weighted by molar-refractivity contribution is 14.0. The van der Waals surface area contributed by atoms with E-state index in [1.165, 1.54) is 12.1 Å². The first kappa shape index (κ1) is 26.3. The van der Waals surface area contributed by atoms with Crippen molar-refractivity contribution < 1.29 is 8.60 Å². The maximum Gasteiger partial charge on any atom is 0.191 e. The van der Waals surface area contributed by atoms with Crippen molar-refractivity contribution in [1.82, 2.24) is 15.5 Å². The van der Waals surface area contributed by atoms with Gasteiger partial charge in [0.1, 0.15) is 5.82 Å². The molecule has 1 aliphatic carbocycles. The lowest BCUT2D eigenvalue weighted by Gasteiger charge is -2.30. The van der Waals surface area contributed by atoms with E-state index in [2.05, 4.69) is 22.5 Å². The van der Waals surface area contributed by atoms with Gasteiger partial charge in [-0.2, -0.15) is 0 Å². The molecule has 0 aromatic heterocycles. The molecule has 1 saturated carbocycles. The Morgan fingerprint density at radius 1 is 1.28 bits per heavy atom. The Hall–Kier alpha value is -0.740. The van der Waals surface area contributed by atoms with E-state index in [0.29, 0.717) is 17.8 Å². The van der Waals surface area contributed by atoms with Crippen molar-refractivity contribution in [3.63, 3.8) is 0 Å². The predicted octanol–water partition coefficient (Wildman–Crippen LogP) is 3.51. The fourth-order valence-electron chi connectivity index (χ4n) is 3.58. The minimum absolute atomic E-state index is 0. The van der Waals surface area contributed by atoms with Gasteiger partial charge in [0, 0.05) is 47.5 Å². The molecule has 8 heteroatoms. The summed E-state index contributed by atoms with van der Waals surface area (Å²) in [5, 5.41) is 7.17. The molecule has 5 nitrogen and oxygen atoms in total. The van der Waals surface area contributed by atoms with Gasteiger partial charge in [0.05, 0.1) is 6.54 Å². The van der Waals surface area contributed by atoms with E-state index in [4.69, 9.17) is 4.99 Å². The number of nitrogens with zero attached hydrogens (tertiary/aromatic N) is 2. The van der Waals surface area contributed by atoms with Crippen LogP contribution in [0.25, 0.3) is 0 Å². The number of aliphatic imine (C=N–C) groups is 1. The molecule has 0 saturated heterocycles. The van der Waals surface area contributed by atoms with E-state index >= 15 is 0 Å². The van der Waals surface area contributed by atoms with E-state index < -0.39 is 10.8 Å². The Labute approximate surface area is 194 Å². The Kier molecular flexibility index (Phi) is 13.0. The molecular formula is C21H36FIN4OS. The van der Waals surface area contributed by atoms with Crippen LogP contribution in [-0.4, -0.2) is 58.8 Å². The molecule has 0 bridgehead atoms. The summed E-state index contributed by atoms with van der Waals surface area (Å²) in [6.45, 7) is 7.15. The standard InChI is InChI=1S/C21H35FN4OS.HI/c1-4-23-21(25-19-7-6-8-20(15-19)28(27)5-2)24-13-14-26(3)16-17-9-11-18(22)12-10-17;/h9-12,19-20H,4-8,13-16H2,1-3H3,(H2,23,24,25);1H. The summed E-state index contributed by atoms with van der Waals surface area (Å²) >= 11 is 0. The molecule has 0 amide bonds. The molecule has 1 fully saturated rings. The fourth-order valence-corrected chi connectivity index (χ4v) is 4.92.